The molecule has 0 N–H and O–H groups in total. The minimum Gasteiger partial charge on any atom is -0.490 e. The second-order valence-corrected chi connectivity index (χ2v) is 3.38. The Bertz CT molecular complexity index is 582. The molecule has 5 heteroatoms. The van der Waals surface area contributed by atoms with Gasteiger partial charge < -0.3 is 13.9 Å². The molecule has 0 bridgehead atoms. The fourth-order valence-corrected chi connectivity index (χ4v) is 1.61. The molecule has 0 radical (unpaired) electrons. The Labute approximate surface area is 96.9 Å². The molecule has 1 aromatic carbocycles. The Morgan fingerprint density at radius 2 is 2.18 bits per heavy atom. The van der Waals surface area contributed by atoms with E-state index in [0.717, 1.165) is 0 Å². The Kier molecular flexibility index (Phi) is 2.82. The monoisotopic (exact) mass is 234 g/mol. The lowest BCUT2D eigenvalue weighted by Crippen LogP contribution is -2.05. The van der Waals surface area contributed by atoms with Crippen LogP contribution in [0.4, 0.5) is 0 Å². The average Bonchev–Trinajstić information content (AvgIpc) is 2.75. The molecule has 0 aliphatic rings. The predicted molar refractivity (Wildman–Crippen MR) is 59.5 cm³/mol. The van der Waals surface area contributed by atoms with Gasteiger partial charge in [-0.3, -0.25) is 9.59 Å². The first kappa shape index (κ1) is 11.2. The molecule has 0 saturated carbocycles. The summed E-state index contributed by atoms with van der Waals surface area (Å²) in [6.07, 6.45) is 2.08. The maximum atomic E-state index is 11.0. The van der Waals surface area contributed by atoms with Crippen LogP contribution in [0.25, 0.3) is 11.0 Å². The van der Waals surface area contributed by atoms with Gasteiger partial charge in [0.05, 0.1) is 18.9 Å². The second kappa shape index (κ2) is 4.29. The summed E-state index contributed by atoms with van der Waals surface area (Å²) in [7, 11) is 1.42. The zero-order chi connectivity index (χ0) is 12.4. The summed E-state index contributed by atoms with van der Waals surface area (Å²) in [6.45, 7) is 1.25. The van der Waals surface area contributed by atoms with Crippen LogP contribution in [0.1, 0.15) is 17.3 Å². The number of carbonyl (C=O) groups excluding carboxylic acids is 2. The topological polar surface area (TPSA) is 65.7 Å². The lowest BCUT2D eigenvalue weighted by atomic mass is 10.1. The number of ether oxygens (including phenoxy) is 2. The highest BCUT2D eigenvalue weighted by molar-refractivity contribution is 5.96. The molecule has 0 fully saturated rings. The third-order valence-electron chi connectivity index (χ3n) is 2.26. The fourth-order valence-electron chi connectivity index (χ4n) is 1.61. The number of rotatable bonds is 3. The van der Waals surface area contributed by atoms with E-state index in [-0.39, 0.29) is 17.1 Å². The van der Waals surface area contributed by atoms with E-state index in [4.69, 9.17) is 13.9 Å². The van der Waals surface area contributed by atoms with E-state index in [9.17, 15) is 9.59 Å². The van der Waals surface area contributed by atoms with Gasteiger partial charge in [0.25, 0.3) is 0 Å². The molecular formula is C12H10O5. The van der Waals surface area contributed by atoms with Gasteiger partial charge in [-0.1, -0.05) is 0 Å². The first-order chi connectivity index (χ1) is 8.17. The summed E-state index contributed by atoms with van der Waals surface area (Å²) >= 11 is 0. The predicted octanol–water partition coefficient (Wildman–Crippen LogP) is 2.18. The quantitative estimate of drug-likeness (QED) is 0.462. The van der Waals surface area contributed by atoms with Crippen molar-refractivity contribution in [2.75, 3.05) is 7.11 Å². The molecule has 5 nitrogen and oxygen atoms in total. The van der Waals surface area contributed by atoms with E-state index in [0.29, 0.717) is 17.3 Å². The van der Waals surface area contributed by atoms with Gasteiger partial charge in [0.1, 0.15) is 0 Å². The maximum absolute atomic E-state index is 11.0. The minimum atomic E-state index is -0.530. The highest BCUT2D eigenvalue weighted by Crippen LogP contribution is 2.38. The number of esters is 1. The van der Waals surface area contributed by atoms with Crippen LogP contribution in [0.5, 0.6) is 11.5 Å². The molecule has 88 valence electrons. The summed E-state index contributed by atoms with van der Waals surface area (Å²) in [5.41, 5.74) is 0.681. The third-order valence-corrected chi connectivity index (χ3v) is 2.26. The van der Waals surface area contributed by atoms with Crippen molar-refractivity contribution in [3.05, 3.63) is 24.0 Å². The SMILES string of the molecule is COc1c(OC(C)=O)c(C=O)cc2ccoc12. The molecule has 0 unspecified atom stereocenters. The molecular weight excluding hydrogens is 224 g/mol. The zero-order valence-corrected chi connectivity index (χ0v) is 9.35. The van der Waals surface area contributed by atoms with Gasteiger partial charge >= 0.3 is 5.97 Å². The zero-order valence-electron chi connectivity index (χ0n) is 9.35. The highest BCUT2D eigenvalue weighted by atomic mass is 16.6. The maximum Gasteiger partial charge on any atom is 0.308 e. The van der Waals surface area contributed by atoms with Crippen LogP contribution >= 0.6 is 0 Å². The van der Waals surface area contributed by atoms with Gasteiger partial charge in [-0.25, -0.2) is 0 Å². The van der Waals surface area contributed by atoms with Crippen LogP contribution in [0.3, 0.4) is 0 Å². The van der Waals surface area contributed by atoms with Crippen molar-refractivity contribution < 1.29 is 23.5 Å². The summed E-state index contributed by atoms with van der Waals surface area (Å²) in [5, 5.41) is 0.708. The van der Waals surface area contributed by atoms with Gasteiger partial charge in [-0.05, 0) is 12.1 Å². The van der Waals surface area contributed by atoms with Gasteiger partial charge in [-0.2, -0.15) is 0 Å². The Morgan fingerprint density at radius 3 is 2.76 bits per heavy atom. The summed E-state index contributed by atoms with van der Waals surface area (Å²) in [6, 6.07) is 3.27. The van der Waals surface area contributed by atoms with Crippen LogP contribution in [-0.2, 0) is 4.79 Å². The van der Waals surface area contributed by atoms with Crippen molar-refractivity contribution in [1.29, 1.82) is 0 Å². The van der Waals surface area contributed by atoms with Crippen molar-refractivity contribution in [1.82, 2.24) is 0 Å². The fraction of sp³-hybridized carbons (Fsp3) is 0.167. The Morgan fingerprint density at radius 1 is 1.41 bits per heavy atom. The van der Waals surface area contributed by atoms with E-state index in [1.54, 1.807) is 12.1 Å². The van der Waals surface area contributed by atoms with Crippen LogP contribution < -0.4 is 9.47 Å². The number of fused-ring (bicyclic) bond motifs is 1. The highest BCUT2D eigenvalue weighted by Gasteiger charge is 2.19. The van der Waals surface area contributed by atoms with Gasteiger partial charge in [0.2, 0.25) is 5.75 Å². The van der Waals surface area contributed by atoms with Crippen LogP contribution in [-0.4, -0.2) is 19.4 Å². The van der Waals surface area contributed by atoms with Gasteiger partial charge in [-0.15, -0.1) is 0 Å². The third kappa shape index (κ3) is 1.87. The summed E-state index contributed by atoms with van der Waals surface area (Å²) in [5.74, 6) is -0.209. The molecule has 0 saturated heterocycles. The van der Waals surface area contributed by atoms with Crippen LogP contribution in [0.15, 0.2) is 22.8 Å². The summed E-state index contributed by atoms with van der Waals surface area (Å²) < 4.78 is 15.3. The van der Waals surface area contributed by atoms with Gasteiger partial charge in [0, 0.05) is 12.3 Å². The number of methoxy groups -OCH3 is 1. The van der Waals surface area contributed by atoms with E-state index >= 15 is 0 Å². The van der Waals surface area contributed by atoms with Crippen molar-refractivity contribution >= 4 is 23.2 Å². The van der Waals surface area contributed by atoms with E-state index < -0.39 is 5.97 Å². The first-order valence-electron chi connectivity index (χ1n) is 4.89. The van der Waals surface area contributed by atoms with Crippen molar-refractivity contribution in [3.8, 4) is 11.5 Å². The molecule has 0 spiro atoms. The van der Waals surface area contributed by atoms with E-state index in [2.05, 4.69) is 0 Å². The van der Waals surface area contributed by atoms with Gasteiger partial charge in [0.15, 0.2) is 17.6 Å². The first-order valence-corrected chi connectivity index (χ1v) is 4.89. The molecule has 0 atom stereocenters. The van der Waals surface area contributed by atoms with E-state index in [1.165, 1.54) is 20.3 Å². The second-order valence-electron chi connectivity index (χ2n) is 3.38. The number of furan rings is 1. The molecule has 1 heterocycles. The number of hydrogen-bond acceptors (Lipinski definition) is 5. The number of hydrogen-bond donors (Lipinski definition) is 0. The van der Waals surface area contributed by atoms with E-state index in [1.807, 2.05) is 0 Å². The Balaban J connectivity index is 2.75. The van der Waals surface area contributed by atoms with Crippen LogP contribution in [0.2, 0.25) is 0 Å². The molecule has 0 aliphatic heterocycles. The largest absolute Gasteiger partial charge is 0.490 e. The lowest BCUT2D eigenvalue weighted by molar-refractivity contribution is -0.132. The molecule has 17 heavy (non-hydrogen) atoms. The Hall–Kier alpha value is -2.30. The molecule has 2 rings (SSSR count). The molecule has 1 aromatic heterocycles. The standard InChI is InChI=1S/C12H10O5/c1-7(14)17-11-9(6-13)5-8-3-4-16-10(8)12(11)15-2/h3-6H,1-2H3. The van der Waals surface area contributed by atoms with Crippen molar-refractivity contribution in [2.24, 2.45) is 0 Å². The number of carbonyl (C=O) groups is 2. The van der Waals surface area contributed by atoms with Crippen molar-refractivity contribution in [2.45, 2.75) is 6.92 Å². The number of aldehydes is 1. The average molecular weight is 234 g/mol. The van der Waals surface area contributed by atoms with Crippen LogP contribution in [0, 0.1) is 0 Å². The molecule has 2 aromatic rings. The molecule has 0 amide bonds. The lowest BCUT2D eigenvalue weighted by Gasteiger charge is -2.10. The van der Waals surface area contributed by atoms with Crippen molar-refractivity contribution in [3.63, 3.8) is 0 Å². The molecule has 0 aliphatic carbocycles. The normalized spacial score (nSPS) is 10.2. The smallest absolute Gasteiger partial charge is 0.308 e. The minimum absolute atomic E-state index is 0.0810. The number of benzene rings is 1. The summed E-state index contributed by atoms with van der Waals surface area (Å²) in [4.78, 5) is 22.0.